The molecule has 11 heteroatoms. The lowest BCUT2D eigenvalue weighted by atomic mass is 10.1. The Bertz CT molecular complexity index is 2020. The van der Waals surface area contributed by atoms with E-state index in [9.17, 15) is 19.2 Å². The van der Waals surface area contributed by atoms with Crippen LogP contribution in [0.25, 0.3) is 11.8 Å². The van der Waals surface area contributed by atoms with E-state index in [1.807, 2.05) is 43.3 Å². The van der Waals surface area contributed by atoms with Crippen molar-refractivity contribution in [3.05, 3.63) is 142 Å². The molecule has 0 bridgehead atoms. The van der Waals surface area contributed by atoms with Crippen LogP contribution in [0.2, 0.25) is 0 Å². The van der Waals surface area contributed by atoms with Gasteiger partial charge in [0.25, 0.3) is 17.4 Å². The number of ether oxygens (including phenoxy) is 1. The van der Waals surface area contributed by atoms with Gasteiger partial charge in [0, 0.05) is 23.2 Å². The summed E-state index contributed by atoms with van der Waals surface area (Å²) in [7, 11) is 1.77. The van der Waals surface area contributed by atoms with E-state index in [1.54, 1.807) is 104 Å². The summed E-state index contributed by atoms with van der Waals surface area (Å²) in [5, 5.41) is 7.88. The molecule has 0 aliphatic heterocycles. The molecule has 1 heterocycles. The van der Waals surface area contributed by atoms with Crippen LogP contribution >= 0.6 is 11.8 Å². The van der Waals surface area contributed by atoms with Gasteiger partial charge in [0.2, 0.25) is 5.91 Å². The molecule has 0 spiro atoms. The smallest absolute Gasteiger partial charge is 0.295 e. The fourth-order valence-corrected chi connectivity index (χ4v) is 5.81. The Morgan fingerprint density at radius 1 is 0.857 bits per heavy atom. The van der Waals surface area contributed by atoms with Gasteiger partial charge in [0.15, 0.2) is 0 Å². The largest absolute Gasteiger partial charge is 0.494 e. The topological polar surface area (TPSA) is 123 Å². The van der Waals surface area contributed by atoms with E-state index in [4.69, 9.17) is 4.74 Å². The van der Waals surface area contributed by atoms with Crippen LogP contribution in [0.4, 0.5) is 11.4 Å². The van der Waals surface area contributed by atoms with E-state index in [0.29, 0.717) is 40.6 Å². The van der Waals surface area contributed by atoms with Crippen LogP contribution in [-0.4, -0.2) is 38.9 Å². The van der Waals surface area contributed by atoms with Gasteiger partial charge in [0.1, 0.15) is 17.1 Å². The van der Waals surface area contributed by atoms with E-state index in [0.717, 1.165) is 4.90 Å². The number of para-hydroxylation sites is 1. The monoisotopic (exact) mass is 675 g/mol. The van der Waals surface area contributed by atoms with Gasteiger partial charge in [-0.2, -0.15) is 0 Å². The Hall–Kier alpha value is -5.81. The molecule has 49 heavy (non-hydrogen) atoms. The maximum absolute atomic E-state index is 13.4. The Kier molecular flexibility index (Phi) is 11.2. The summed E-state index contributed by atoms with van der Waals surface area (Å²) in [6.07, 6.45) is 1.60. The molecule has 3 amide bonds. The molecule has 250 valence electrons. The summed E-state index contributed by atoms with van der Waals surface area (Å²) in [5.74, 6) is -0.542. The zero-order valence-electron chi connectivity index (χ0n) is 27.6. The third kappa shape index (κ3) is 8.57. The van der Waals surface area contributed by atoms with Crippen LogP contribution in [0, 0.1) is 6.92 Å². The normalized spacial score (nSPS) is 11.8. The molecule has 5 aromatic rings. The predicted molar refractivity (Wildman–Crippen MR) is 194 cm³/mol. The second-order valence-electron chi connectivity index (χ2n) is 11.0. The van der Waals surface area contributed by atoms with Crippen LogP contribution in [0.1, 0.15) is 35.5 Å². The minimum atomic E-state index is -0.526. The summed E-state index contributed by atoms with van der Waals surface area (Å²) >= 11 is 1.32. The molecule has 0 saturated heterocycles. The summed E-state index contributed by atoms with van der Waals surface area (Å²) in [6.45, 7) is 5.98. The van der Waals surface area contributed by atoms with Crippen molar-refractivity contribution in [2.24, 2.45) is 7.05 Å². The molecule has 0 aliphatic rings. The highest BCUT2D eigenvalue weighted by atomic mass is 32.2. The number of aromatic nitrogens is 2. The average molecular weight is 676 g/mol. The van der Waals surface area contributed by atoms with Crippen molar-refractivity contribution in [1.82, 2.24) is 14.7 Å². The standard InChI is InChI=1S/C38H37N5O5S/c1-5-48-31-20-16-27(17-21-31)24-33(40-36(45)28-12-8-6-9-13-28)37(46)39-29-18-22-32(23-19-29)49-26(3)35(44)41-34-25(2)42(4)43(38(34)47)30-14-10-7-11-15-30/h6-24,26H,5H2,1-4H3,(H,39,46)(H,40,45)(H,41,44)/b33-24-. The molecule has 3 N–H and O–H groups in total. The number of thioether (sulfide) groups is 1. The summed E-state index contributed by atoms with van der Waals surface area (Å²) in [5.41, 5.74) is 2.93. The van der Waals surface area contributed by atoms with E-state index in [-0.39, 0.29) is 22.9 Å². The molecule has 1 atom stereocenters. The highest BCUT2D eigenvalue weighted by Gasteiger charge is 2.22. The molecule has 1 unspecified atom stereocenters. The van der Waals surface area contributed by atoms with Crippen molar-refractivity contribution in [2.45, 2.75) is 30.9 Å². The van der Waals surface area contributed by atoms with Crippen molar-refractivity contribution < 1.29 is 19.1 Å². The van der Waals surface area contributed by atoms with Crippen molar-refractivity contribution in [2.75, 3.05) is 17.2 Å². The molecule has 1 aromatic heterocycles. The number of carbonyl (C=O) groups excluding carboxylic acids is 3. The van der Waals surface area contributed by atoms with E-state index < -0.39 is 17.1 Å². The van der Waals surface area contributed by atoms with Crippen molar-refractivity contribution >= 4 is 46.9 Å². The Balaban J connectivity index is 1.26. The fourth-order valence-electron chi connectivity index (χ4n) is 4.95. The number of carbonyl (C=O) groups is 3. The number of nitrogens with one attached hydrogen (secondary N) is 3. The van der Waals surface area contributed by atoms with Gasteiger partial charge in [-0.1, -0.05) is 48.5 Å². The van der Waals surface area contributed by atoms with Crippen LogP contribution in [-0.2, 0) is 16.6 Å². The number of amides is 3. The van der Waals surface area contributed by atoms with Gasteiger partial charge >= 0.3 is 0 Å². The molecule has 10 nitrogen and oxygen atoms in total. The minimum absolute atomic E-state index is 0.0595. The summed E-state index contributed by atoms with van der Waals surface area (Å²) < 4.78 is 8.74. The lowest BCUT2D eigenvalue weighted by Crippen LogP contribution is -2.30. The second-order valence-corrected chi connectivity index (χ2v) is 12.5. The van der Waals surface area contributed by atoms with Gasteiger partial charge < -0.3 is 20.7 Å². The first-order valence-corrected chi connectivity index (χ1v) is 16.6. The van der Waals surface area contributed by atoms with E-state index in [1.165, 1.54) is 16.4 Å². The maximum Gasteiger partial charge on any atom is 0.295 e. The zero-order valence-corrected chi connectivity index (χ0v) is 28.4. The quantitative estimate of drug-likeness (QED) is 0.104. The first kappa shape index (κ1) is 34.5. The van der Waals surface area contributed by atoms with E-state index in [2.05, 4.69) is 16.0 Å². The fraction of sp³-hybridized carbons (Fsp3) is 0.158. The number of hydrogen-bond acceptors (Lipinski definition) is 6. The molecule has 5 rings (SSSR count). The van der Waals surface area contributed by atoms with Crippen molar-refractivity contribution in [1.29, 1.82) is 0 Å². The first-order valence-electron chi connectivity index (χ1n) is 15.7. The highest BCUT2D eigenvalue weighted by Crippen LogP contribution is 2.26. The number of anilines is 2. The predicted octanol–water partition coefficient (Wildman–Crippen LogP) is 6.41. The summed E-state index contributed by atoms with van der Waals surface area (Å²) in [6, 6.07) is 32.1. The zero-order chi connectivity index (χ0) is 34.9. The third-order valence-corrected chi connectivity index (χ3v) is 8.74. The number of benzene rings is 4. The molecular weight excluding hydrogens is 639 g/mol. The van der Waals surface area contributed by atoms with Crippen molar-refractivity contribution in [3.63, 3.8) is 0 Å². The minimum Gasteiger partial charge on any atom is -0.494 e. The molecular formula is C38H37N5O5S. The van der Waals surface area contributed by atoms with Gasteiger partial charge in [-0.05, 0) is 93.1 Å². The van der Waals surface area contributed by atoms with Gasteiger partial charge in [-0.3, -0.25) is 23.9 Å². The lowest BCUT2D eigenvalue weighted by Gasteiger charge is -2.13. The van der Waals surface area contributed by atoms with Crippen LogP contribution in [0.5, 0.6) is 5.75 Å². The molecule has 0 fully saturated rings. The molecule has 0 saturated carbocycles. The average Bonchev–Trinajstić information content (AvgIpc) is 3.32. The lowest BCUT2D eigenvalue weighted by molar-refractivity contribution is -0.115. The summed E-state index contributed by atoms with van der Waals surface area (Å²) in [4.78, 5) is 53.6. The maximum atomic E-state index is 13.4. The Morgan fingerprint density at radius 2 is 1.49 bits per heavy atom. The Morgan fingerprint density at radius 3 is 2.12 bits per heavy atom. The number of nitrogens with zero attached hydrogens (tertiary/aromatic N) is 2. The third-order valence-electron chi connectivity index (χ3n) is 7.63. The van der Waals surface area contributed by atoms with Crippen LogP contribution in [0.15, 0.2) is 125 Å². The second kappa shape index (κ2) is 15.9. The highest BCUT2D eigenvalue weighted by molar-refractivity contribution is 8.00. The first-order chi connectivity index (χ1) is 23.6. The SMILES string of the molecule is CCOc1ccc(/C=C(\NC(=O)c2ccccc2)C(=O)Nc2ccc(SC(C)C(=O)Nc3c(C)n(C)n(-c4ccccc4)c3=O)cc2)cc1. The van der Waals surface area contributed by atoms with Crippen molar-refractivity contribution in [3.8, 4) is 11.4 Å². The number of rotatable bonds is 12. The van der Waals surface area contributed by atoms with Crippen LogP contribution in [0.3, 0.4) is 0 Å². The van der Waals surface area contributed by atoms with Crippen LogP contribution < -0.4 is 26.2 Å². The molecule has 0 aliphatic carbocycles. The van der Waals surface area contributed by atoms with Gasteiger partial charge in [-0.15, -0.1) is 11.8 Å². The van der Waals surface area contributed by atoms with E-state index >= 15 is 0 Å². The Labute approximate surface area is 288 Å². The van der Waals surface area contributed by atoms with Gasteiger partial charge in [-0.25, -0.2) is 4.68 Å². The number of hydrogen-bond donors (Lipinski definition) is 3. The van der Waals surface area contributed by atoms with Gasteiger partial charge in [0.05, 0.1) is 23.2 Å². The molecule has 0 radical (unpaired) electrons. The molecule has 4 aromatic carbocycles.